The van der Waals surface area contributed by atoms with Crippen LogP contribution in [0.1, 0.15) is 37.9 Å². The van der Waals surface area contributed by atoms with Gasteiger partial charge in [0.15, 0.2) is 11.5 Å². The number of carbonyl (C=O) groups excluding carboxylic acids is 2. The van der Waals surface area contributed by atoms with Gasteiger partial charge < -0.3 is 29.6 Å². The minimum absolute atomic E-state index is 0.000352. The highest BCUT2D eigenvalue weighted by atomic mass is 16.6. The van der Waals surface area contributed by atoms with E-state index in [1.165, 1.54) is 26.4 Å². The number of esters is 1. The molecule has 0 aliphatic carbocycles. The Bertz CT molecular complexity index is 1160. The van der Waals surface area contributed by atoms with Crippen LogP contribution in [0.5, 0.6) is 17.2 Å². The van der Waals surface area contributed by atoms with E-state index in [0.717, 1.165) is 0 Å². The number of amides is 2. The fourth-order valence-electron chi connectivity index (χ4n) is 3.67. The van der Waals surface area contributed by atoms with Crippen molar-refractivity contribution in [1.82, 2.24) is 10.6 Å². The number of nitro benzene ring substituents is 1. The summed E-state index contributed by atoms with van der Waals surface area (Å²) in [6.07, 6.45) is -0.268. The van der Waals surface area contributed by atoms with Crippen LogP contribution in [0, 0.1) is 10.1 Å². The van der Waals surface area contributed by atoms with Crippen LogP contribution in [0.2, 0.25) is 0 Å². The van der Waals surface area contributed by atoms with Gasteiger partial charge in [0, 0.05) is 0 Å². The second-order valence-corrected chi connectivity index (χ2v) is 7.75. The van der Waals surface area contributed by atoms with Crippen molar-refractivity contribution in [2.45, 2.75) is 32.9 Å². The lowest BCUT2D eigenvalue weighted by Crippen LogP contribution is -2.45. The second-order valence-electron chi connectivity index (χ2n) is 7.75. The number of nitrogens with zero attached hydrogens (tertiary/aromatic N) is 1. The number of ether oxygens (including phenoxy) is 4. The number of hydrogen-bond donors (Lipinski definition) is 2. The zero-order valence-electron chi connectivity index (χ0n) is 20.0. The van der Waals surface area contributed by atoms with Gasteiger partial charge in [0.05, 0.1) is 60.8 Å². The average Bonchev–Trinajstić information content (AvgIpc) is 2.82. The molecule has 2 N–H and O–H groups in total. The molecule has 0 aromatic heterocycles. The third-order valence-corrected chi connectivity index (χ3v) is 5.13. The van der Waals surface area contributed by atoms with Gasteiger partial charge in [-0.05, 0) is 56.7 Å². The van der Waals surface area contributed by atoms with Crippen molar-refractivity contribution in [3.63, 3.8) is 0 Å². The first-order valence-corrected chi connectivity index (χ1v) is 10.9. The number of nitrogens with one attached hydrogen (secondary N) is 2. The van der Waals surface area contributed by atoms with Gasteiger partial charge in [-0.2, -0.15) is 0 Å². The molecule has 0 radical (unpaired) electrons. The number of benzene rings is 2. The molecule has 1 aliphatic rings. The number of nitro groups is 1. The third kappa shape index (κ3) is 5.45. The lowest BCUT2D eigenvalue weighted by molar-refractivity contribution is -0.385. The first kappa shape index (κ1) is 25.3. The Hall–Kier alpha value is -4.28. The number of hydrogen-bond acceptors (Lipinski definition) is 8. The van der Waals surface area contributed by atoms with Crippen LogP contribution in [-0.2, 0) is 9.53 Å². The van der Waals surface area contributed by atoms with E-state index >= 15 is 0 Å². The maximum absolute atomic E-state index is 13.1. The summed E-state index contributed by atoms with van der Waals surface area (Å²) in [5.41, 5.74) is 0.330. The summed E-state index contributed by atoms with van der Waals surface area (Å²) in [6, 6.07) is 7.40. The van der Waals surface area contributed by atoms with E-state index < -0.39 is 23.0 Å². The van der Waals surface area contributed by atoms with Gasteiger partial charge in [0.2, 0.25) is 0 Å². The molecule has 0 bridgehead atoms. The van der Waals surface area contributed by atoms with Gasteiger partial charge in [0.25, 0.3) is 5.69 Å². The maximum atomic E-state index is 13.1. The molecular formula is C24H27N3O8. The molecule has 11 heteroatoms. The highest BCUT2D eigenvalue weighted by molar-refractivity contribution is 6.04. The average molecular weight is 485 g/mol. The molecule has 0 saturated carbocycles. The Kier molecular flexibility index (Phi) is 7.80. The number of rotatable bonds is 9. The molecule has 1 unspecified atom stereocenters. The standard InChI is InChI=1S/C24H27N3O8/c1-6-34-23(28)20-21(14-7-9-15(32-4)10-8-14)25-24(29)26-22(20)16-11-19(35-13(2)3)18(33-5)12-17(16)27(30)31/h7-13,22H,6H2,1-5H3,(H2,25,26,29). The largest absolute Gasteiger partial charge is 0.497 e. The van der Waals surface area contributed by atoms with Gasteiger partial charge in [-0.3, -0.25) is 10.1 Å². The lowest BCUT2D eigenvalue weighted by Gasteiger charge is -2.29. The molecule has 1 aliphatic heterocycles. The summed E-state index contributed by atoms with van der Waals surface area (Å²) in [5, 5.41) is 17.3. The number of carbonyl (C=O) groups is 2. The first-order valence-electron chi connectivity index (χ1n) is 10.9. The fraction of sp³-hybridized carbons (Fsp3) is 0.333. The van der Waals surface area contributed by atoms with E-state index in [-0.39, 0.29) is 46.7 Å². The summed E-state index contributed by atoms with van der Waals surface area (Å²) in [4.78, 5) is 37.2. The van der Waals surface area contributed by atoms with E-state index in [4.69, 9.17) is 18.9 Å². The van der Waals surface area contributed by atoms with Crippen LogP contribution in [0.25, 0.3) is 5.70 Å². The van der Waals surface area contributed by atoms with Crippen LogP contribution in [0.15, 0.2) is 42.0 Å². The summed E-state index contributed by atoms with van der Waals surface area (Å²) in [5.74, 6) is 0.203. The molecule has 2 aromatic carbocycles. The van der Waals surface area contributed by atoms with Crippen LogP contribution >= 0.6 is 0 Å². The normalized spacial score (nSPS) is 15.3. The maximum Gasteiger partial charge on any atom is 0.338 e. The first-order chi connectivity index (χ1) is 16.7. The van der Waals surface area contributed by atoms with E-state index in [9.17, 15) is 19.7 Å². The zero-order chi connectivity index (χ0) is 25.7. The highest BCUT2D eigenvalue weighted by Gasteiger charge is 2.38. The summed E-state index contributed by atoms with van der Waals surface area (Å²) < 4.78 is 21.5. The van der Waals surface area contributed by atoms with Crippen molar-refractivity contribution < 1.29 is 33.5 Å². The molecular weight excluding hydrogens is 458 g/mol. The minimum atomic E-state index is -1.21. The molecule has 186 valence electrons. The van der Waals surface area contributed by atoms with E-state index in [1.807, 2.05) is 0 Å². The highest BCUT2D eigenvalue weighted by Crippen LogP contribution is 2.42. The van der Waals surface area contributed by atoms with Gasteiger partial charge >= 0.3 is 12.0 Å². The summed E-state index contributed by atoms with van der Waals surface area (Å²) in [7, 11) is 2.88. The lowest BCUT2D eigenvalue weighted by atomic mass is 9.91. The molecule has 0 fully saturated rings. The monoisotopic (exact) mass is 485 g/mol. The predicted octanol–water partition coefficient (Wildman–Crippen LogP) is 3.73. The Labute approximate surface area is 202 Å². The van der Waals surface area contributed by atoms with Gasteiger partial charge in [0.1, 0.15) is 5.75 Å². The van der Waals surface area contributed by atoms with Gasteiger partial charge in [-0.1, -0.05) is 0 Å². The molecule has 2 aromatic rings. The van der Waals surface area contributed by atoms with Crippen LogP contribution < -0.4 is 24.8 Å². The Morgan fingerprint density at radius 1 is 1.11 bits per heavy atom. The smallest absolute Gasteiger partial charge is 0.338 e. The molecule has 2 amide bonds. The van der Waals surface area contributed by atoms with Gasteiger partial charge in [-0.25, -0.2) is 9.59 Å². The van der Waals surface area contributed by atoms with E-state index in [0.29, 0.717) is 11.3 Å². The van der Waals surface area contributed by atoms with E-state index in [2.05, 4.69) is 10.6 Å². The predicted molar refractivity (Wildman–Crippen MR) is 126 cm³/mol. The van der Waals surface area contributed by atoms with Crippen molar-refractivity contribution in [2.75, 3.05) is 20.8 Å². The van der Waals surface area contributed by atoms with Crippen molar-refractivity contribution in [2.24, 2.45) is 0 Å². The molecule has 1 atom stereocenters. The Balaban J connectivity index is 2.30. The van der Waals surface area contributed by atoms with Crippen molar-refractivity contribution >= 4 is 23.4 Å². The summed E-state index contributed by atoms with van der Waals surface area (Å²) >= 11 is 0. The van der Waals surface area contributed by atoms with Gasteiger partial charge in [-0.15, -0.1) is 0 Å². The van der Waals surface area contributed by atoms with Crippen LogP contribution in [0.3, 0.4) is 0 Å². The Morgan fingerprint density at radius 3 is 2.34 bits per heavy atom. The molecule has 35 heavy (non-hydrogen) atoms. The number of urea groups is 1. The van der Waals surface area contributed by atoms with Crippen molar-refractivity contribution in [3.05, 3.63) is 63.2 Å². The SMILES string of the molecule is CCOC(=O)C1=C(c2ccc(OC)cc2)NC(=O)NC1c1cc(OC(C)C)c(OC)cc1[N+](=O)[O-]. The van der Waals surface area contributed by atoms with Crippen LogP contribution in [0.4, 0.5) is 10.5 Å². The molecule has 0 saturated heterocycles. The fourth-order valence-corrected chi connectivity index (χ4v) is 3.67. The third-order valence-electron chi connectivity index (χ3n) is 5.13. The molecule has 11 nitrogen and oxygen atoms in total. The minimum Gasteiger partial charge on any atom is -0.497 e. The van der Waals surface area contributed by atoms with Crippen LogP contribution in [-0.4, -0.2) is 43.9 Å². The molecule has 0 spiro atoms. The topological polar surface area (TPSA) is 138 Å². The Morgan fingerprint density at radius 2 is 1.80 bits per heavy atom. The van der Waals surface area contributed by atoms with Crippen molar-refractivity contribution in [3.8, 4) is 17.2 Å². The molecule has 3 rings (SSSR count). The molecule has 1 heterocycles. The summed E-state index contributed by atoms with van der Waals surface area (Å²) in [6.45, 7) is 5.28. The van der Waals surface area contributed by atoms with Crippen molar-refractivity contribution in [1.29, 1.82) is 0 Å². The zero-order valence-corrected chi connectivity index (χ0v) is 20.0. The quantitative estimate of drug-likeness (QED) is 0.311. The second kappa shape index (κ2) is 10.8. The number of methoxy groups -OCH3 is 2. The van der Waals surface area contributed by atoms with E-state index in [1.54, 1.807) is 45.0 Å².